The molecular weight excluding hydrogens is 448 g/mol. The molecule has 1 N–H and O–H groups in total. The Kier molecular flexibility index (Phi) is 7.36. The maximum Gasteiger partial charge on any atom is 0.261 e. The summed E-state index contributed by atoms with van der Waals surface area (Å²) in [7, 11) is 0. The second kappa shape index (κ2) is 11.0. The monoisotopic (exact) mass is 482 g/mol. The van der Waals surface area contributed by atoms with E-state index in [0.717, 1.165) is 55.3 Å². The van der Waals surface area contributed by atoms with Crippen LogP contribution < -0.4 is 10.1 Å². The van der Waals surface area contributed by atoms with E-state index in [9.17, 15) is 9.59 Å². The Morgan fingerprint density at radius 2 is 1.67 bits per heavy atom. The molecule has 2 aliphatic rings. The van der Waals surface area contributed by atoms with Gasteiger partial charge in [0, 0.05) is 19.0 Å². The van der Waals surface area contributed by atoms with E-state index < -0.39 is 6.10 Å². The largest absolute Gasteiger partial charge is 0.481 e. The summed E-state index contributed by atoms with van der Waals surface area (Å²) >= 11 is 0. The van der Waals surface area contributed by atoms with E-state index in [0.29, 0.717) is 12.3 Å². The molecule has 0 spiro atoms. The summed E-state index contributed by atoms with van der Waals surface area (Å²) in [4.78, 5) is 28.3. The van der Waals surface area contributed by atoms with Crippen molar-refractivity contribution in [3.8, 4) is 5.75 Å². The number of hydrogen-bond acceptors (Lipinski definition) is 3. The van der Waals surface area contributed by atoms with Crippen molar-refractivity contribution in [1.29, 1.82) is 0 Å². The van der Waals surface area contributed by atoms with Crippen LogP contribution in [0.1, 0.15) is 60.9 Å². The van der Waals surface area contributed by atoms with Gasteiger partial charge in [-0.05, 0) is 60.6 Å². The highest BCUT2D eigenvalue weighted by Crippen LogP contribution is 2.39. The molecule has 1 fully saturated rings. The molecule has 1 heterocycles. The van der Waals surface area contributed by atoms with Gasteiger partial charge in [-0.3, -0.25) is 9.59 Å². The molecular formula is C31H34N2O3. The minimum Gasteiger partial charge on any atom is -0.481 e. The van der Waals surface area contributed by atoms with Gasteiger partial charge >= 0.3 is 0 Å². The SMILES string of the molecule is C[C@@H](Oc1ccc2c(c1)[C@@H](c1ccccc1)N(C(=O)C1CCCC1)CC2)C(=O)NCc1ccccc1. The number of amides is 2. The van der Waals surface area contributed by atoms with E-state index in [1.54, 1.807) is 6.92 Å². The van der Waals surface area contributed by atoms with Crippen molar-refractivity contribution in [3.05, 3.63) is 101 Å². The second-order valence-electron chi connectivity index (χ2n) is 9.90. The Hall–Kier alpha value is -3.60. The van der Waals surface area contributed by atoms with Crippen molar-refractivity contribution in [2.45, 2.75) is 57.7 Å². The van der Waals surface area contributed by atoms with E-state index in [-0.39, 0.29) is 23.8 Å². The predicted octanol–water partition coefficient (Wildman–Crippen LogP) is 5.43. The first-order valence-corrected chi connectivity index (χ1v) is 13.1. The van der Waals surface area contributed by atoms with Gasteiger partial charge in [0.15, 0.2) is 6.10 Å². The molecule has 1 aliphatic heterocycles. The Balaban J connectivity index is 1.36. The molecule has 5 rings (SSSR count). The van der Waals surface area contributed by atoms with Crippen molar-refractivity contribution in [2.24, 2.45) is 5.92 Å². The highest BCUT2D eigenvalue weighted by Gasteiger charge is 2.36. The molecule has 1 aliphatic carbocycles. The fourth-order valence-corrected chi connectivity index (χ4v) is 5.49. The Morgan fingerprint density at radius 1 is 0.972 bits per heavy atom. The molecule has 0 aromatic heterocycles. The zero-order valence-electron chi connectivity index (χ0n) is 20.9. The lowest BCUT2D eigenvalue weighted by Crippen LogP contribution is -2.43. The van der Waals surface area contributed by atoms with Crippen LogP contribution in [-0.4, -0.2) is 29.4 Å². The van der Waals surface area contributed by atoms with Gasteiger partial charge in [0.25, 0.3) is 5.91 Å². The van der Waals surface area contributed by atoms with Gasteiger partial charge in [-0.2, -0.15) is 0 Å². The van der Waals surface area contributed by atoms with E-state index in [4.69, 9.17) is 4.74 Å². The van der Waals surface area contributed by atoms with Gasteiger partial charge < -0.3 is 15.0 Å². The number of nitrogens with one attached hydrogen (secondary N) is 1. The van der Waals surface area contributed by atoms with Gasteiger partial charge in [-0.15, -0.1) is 0 Å². The summed E-state index contributed by atoms with van der Waals surface area (Å²) in [5.74, 6) is 0.888. The van der Waals surface area contributed by atoms with Crippen molar-refractivity contribution >= 4 is 11.8 Å². The fraction of sp³-hybridized carbons (Fsp3) is 0.355. The number of carbonyl (C=O) groups excluding carboxylic acids is 2. The number of hydrogen-bond donors (Lipinski definition) is 1. The second-order valence-corrected chi connectivity index (χ2v) is 9.90. The van der Waals surface area contributed by atoms with Crippen LogP contribution in [0.3, 0.4) is 0 Å². The van der Waals surface area contributed by atoms with Crippen LogP contribution in [0.25, 0.3) is 0 Å². The molecule has 0 saturated heterocycles. The van der Waals surface area contributed by atoms with Crippen molar-refractivity contribution < 1.29 is 14.3 Å². The van der Waals surface area contributed by atoms with Gasteiger partial charge in [0.2, 0.25) is 5.91 Å². The predicted molar refractivity (Wildman–Crippen MR) is 140 cm³/mol. The maximum absolute atomic E-state index is 13.6. The molecule has 2 amide bonds. The van der Waals surface area contributed by atoms with Crippen LogP contribution in [0.15, 0.2) is 78.9 Å². The van der Waals surface area contributed by atoms with Crippen molar-refractivity contribution in [1.82, 2.24) is 10.2 Å². The summed E-state index contributed by atoms with van der Waals surface area (Å²) in [5.41, 5.74) is 4.47. The van der Waals surface area contributed by atoms with Crippen molar-refractivity contribution in [3.63, 3.8) is 0 Å². The normalized spacial score (nSPS) is 18.4. The molecule has 3 aromatic rings. The zero-order chi connectivity index (χ0) is 24.9. The molecule has 3 aromatic carbocycles. The third-order valence-corrected chi connectivity index (χ3v) is 7.44. The number of rotatable bonds is 7. The summed E-state index contributed by atoms with van der Waals surface area (Å²) in [6.45, 7) is 2.96. The van der Waals surface area contributed by atoms with Crippen LogP contribution in [-0.2, 0) is 22.6 Å². The average Bonchev–Trinajstić information content (AvgIpc) is 3.47. The summed E-state index contributed by atoms with van der Waals surface area (Å²) in [5, 5.41) is 2.95. The number of ether oxygens (including phenoxy) is 1. The first-order valence-electron chi connectivity index (χ1n) is 13.1. The molecule has 1 saturated carbocycles. The number of fused-ring (bicyclic) bond motifs is 1. The first kappa shape index (κ1) is 24.1. The lowest BCUT2D eigenvalue weighted by molar-refractivity contribution is -0.137. The minimum atomic E-state index is -0.637. The van der Waals surface area contributed by atoms with Gasteiger partial charge in [-0.1, -0.05) is 79.6 Å². The molecule has 2 atom stereocenters. The quantitative estimate of drug-likeness (QED) is 0.488. The minimum absolute atomic E-state index is 0.130. The molecule has 0 radical (unpaired) electrons. The van der Waals surface area contributed by atoms with Crippen LogP contribution in [0.2, 0.25) is 0 Å². The lowest BCUT2D eigenvalue weighted by Gasteiger charge is -2.39. The van der Waals surface area contributed by atoms with E-state index in [1.807, 2.05) is 60.7 Å². The molecule has 36 heavy (non-hydrogen) atoms. The highest BCUT2D eigenvalue weighted by atomic mass is 16.5. The summed E-state index contributed by atoms with van der Waals surface area (Å²) in [6, 6.07) is 26.0. The molecule has 5 nitrogen and oxygen atoms in total. The average molecular weight is 483 g/mol. The maximum atomic E-state index is 13.6. The van der Waals surface area contributed by atoms with E-state index in [1.165, 1.54) is 5.56 Å². The Morgan fingerprint density at radius 3 is 2.39 bits per heavy atom. The molecule has 5 heteroatoms. The van der Waals surface area contributed by atoms with E-state index in [2.05, 4.69) is 28.4 Å². The number of benzene rings is 3. The lowest BCUT2D eigenvalue weighted by atomic mass is 9.87. The molecule has 0 unspecified atom stereocenters. The summed E-state index contributed by atoms with van der Waals surface area (Å²) in [6.07, 6.45) is 4.44. The number of nitrogens with zero attached hydrogens (tertiary/aromatic N) is 1. The third kappa shape index (κ3) is 5.30. The van der Waals surface area contributed by atoms with Crippen LogP contribution in [0, 0.1) is 5.92 Å². The molecule has 186 valence electrons. The zero-order valence-corrected chi connectivity index (χ0v) is 20.9. The standard InChI is InChI=1S/C31H34N2O3/c1-22(30(34)32-21-23-10-4-2-5-11-23)36-27-17-16-24-18-19-33(31(35)26-14-8-9-15-26)29(28(24)20-27)25-12-6-3-7-13-25/h2-7,10-13,16-17,20,22,26,29H,8-9,14-15,18-19,21H2,1H3,(H,32,34)/t22-,29-/m1/s1. The van der Waals surface area contributed by atoms with Crippen LogP contribution in [0.4, 0.5) is 0 Å². The number of carbonyl (C=O) groups is 2. The molecule has 0 bridgehead atoms. The first-order chi connectivity index (χ1) is 17.6. The van der Waals surface area contributed by atoms with Crippen LogP contribution >= 0.6 is 0 Å². The van der Waals surface area contributed by atoms with Gasteiger partial charge in [-0.25, -0.2) is 0 Å². The fourth-order valence-electron chi connectivity index (χ4n) is 5.49. The van der Waals surface area contributed by atoms with Gasteiger partial charge in [0.05, 0.1) is 6.04 Å². The van der Waals surface area contributed by atoms with E-state index >= 15 is 0 Å². The Labute approximate surface area is 213 Å². The van der Waals surface area contributed by atoms with Crippen molar-refractivity contribution in [2.75, 3.05) is 6.54 Å². The Bertz CT molecular complexity index is 1190. The topological polar surface area (TPSA) is 58.6 Å². The smallest absolute Gasteiger partial charge is 0.261 e. The highest BCUT2D eigenvalue weighted by molar-refractivity contribution is 5.81. The summed E-state index contributed by atoms with van der Waals surface area (Å²) < 4.78 is 6.09. The third-order valence-electron chi connectivity index (χ3n) is 7.44. The van der Waals surface area contributed by atoms with Gasteiger partial charge in [0.1, 0.15) is 5.75 Å². The van der Waals surface area contributed by atoms with Crippen LogP contribution in [0.5, 0.6) is 5.75 Å².